The lowest BCUT2D eigenvalue weighted by Crippen LogP contribution is -2.17. The molecule has 0 aliphatic rings. The number of hydrogen-bond acceptors (Lipinski definition) is 3. The fourth-order valence-electron chi connectivity index (χ4n) is 2.01. The Morgan fingerprint density at radius 3 is 2.70 bits per heavy atom. The molecule has 7 heteroatoms. The van der Waals surface area contributed by atoms with E-state index in [1.165, 1.54) is 5.38 Å². The molecule has 0 spiro atoms. The van der Waals surface area contributed by atoms with E-state index >= 15 is 0 Å². The second kappa shape index (κ2) is 7.04. The summed E-state index contributed by atoms with van der Waals surface area (Å²) in [6, 6.07) is 6.74. The summed E-state index contributed by atoms with van der Waals surface area (Å²) >= 11 is 0.931. The third-order valence-corrected chi connectivity index (χ3v) is 3.68. The highest BCUT2D eigenvalue weighted by Crippen LogP contribution is 2.34. The zero-order chi connectivity index (χ0) is 17.0. The molecule has 0 fully saturated rings. The Morgan fingerprint density at radius 1 is 1.30 bits per heavy atom. The van der Waals surface area contributed by atoms with Gasteiger partial charge in [0, 0.05) is 17.1 Å². The maximum atomic E-state index is 12.8. The lowest BCUT2D eigenvalue weighted by Gasteiger charge is -2.12. The van der Waals surface area contributed by atoms with Crippen molar-refractivity contribution in [1.29, 1.82) is 0 Å². The molecule has 1 N–H and O–H groups in total. The van der Waals surface area contributed by atoms with Crippen molar-refractivity contribution in [3.05, 3.63) is 46.2 Å². The van der Waals surface area contributed by atoms with E-state index in [-0.39, 0.29) is 18.1 Å². The molecular weight excluding hydrogens is 327 g/mol. The van der Waals surface area contributed by atoms with Crippen molar-refractivity contribution >= 4 is 22.9 Å². The van der Waals surface area contributed by atoms with E-state index in [0.29, 0.717) is 11.4 Å². The van der Waals surface area contributed by atoms with Crippen molar-refractivity contribution in [2.24, 2.45) is 0 Å². The maximum absolute atomic E-state index is 12.8. The first-order valence-electron chi connectivity index (χ1n) is 6.94. The largest absolute Gasteiger partial charge is 0.491 e. The van der Waals surface area contributed by atoms with Crippen molar-refractivity contribution in [3.8, 4) is 5.75 Å². The molecular formula is C16H16F3NO2S. The molecule has 2 rings (SSSR count). The van der Waals surface area contributed by atoms with Gasteiger partial charge in [-0.2, -0.15) is 24.5 Å². The number of halogens is 3. The molecule has 0 aliphatic heterocycles. The van der Waals surface area contributed by atoms with Gasteiger partial charge in [0.25, 0.3) is 0 Å². The number of rotatable bonds is 5. The lowest BCUT2D eigenvalue weighted by atomic mass is 10.1. The summed E-state index contributed by atoms with van der Waals surface area (Å²) in [6.45, 7) is 3.75. The number of benzene rings is 1. The van der Waals surface area contributed by atoms with Crippen molar-refractivity contribution in [2.75, 3.05) is 5.32 Å². The molecule has 1 aromatic heterocycles. The quantitative estimate of drug-likeness (QED) is 0.852. The monoisotopic (exact) mass is 343 g/mol. The number of hydrogen-bond donors (Lipinski definition) is 1. The summed E-state index contributed by atoms with van der Waals surface area (Å²) in [5.41, 5.74) is -0.291. The fourth-order valence-corrected chi connectivity index (χ4v) is 2.87. The molecule has 0 radical (unpaired) electrons. The first-order valence-corrected chi connectivity index (χ1v) is 7.89. The number of thiophene rings is 1. The Labute approximate surface area is 136 Å². The highest BCUT2D eigenvalue weighted by molar-refractivity contribution is 7.08. The standard InChI is InChI=1S/C16H16F3NO2S/c1-10(2)22-13-5-3-4-12(7-13)20-15(21)6-11-8-23-9-14(11)16(17,18)19/h3-5,7-10H,6H2,1-2H3,(H,20,21). The molecule has 3 nitrogen and oxygen atoms in total. The normalized spacial score (nSPS) is 11.6. The second-order valence-corrected chi connectivity index (χ2v) is 5.97. The van der Waals surface area contributed by atoms with Crippen LogP contribution in [0.3, 0.4) is 0 Å². The van der Waals surface area contributed by atoms with E-state index in [1.54, 1.807) is 24.3 Å². The van der Waals surface area contributed by atoms with Gasteiger partial charge in [0.2, 0.25) is 5.91 Å². The minimum atomic E-state index is -4.44. The number of carbonyl (C=O) groups excluding carboxylic acids is 1. The van der Waals surface area contributed by atoms with Crippen molar-refractivity contribution in [1.82, 2.24) is 0 Å². The van der Waals surface area contributed by atoms with Crippen LogP contribution in [0.4, 0.5) is 18.9 Å². The van der Waals surface area contributed by atoms with Crippen LogP contribution < -0.4 is 10.1 Å². The van der Waals surface area contributed by atoms with Crippen LogP contribution >= 0.6 is 11.3 Å². The van der Waals surface area contributed by atoms with Crippen molar-refractivity contribution < 1.29 is 22.7 Å². The van der Waals surface area contributed by atoms with Crippen LogP contribution in [0.1, 0.15) is 25.0 Å². The van der Waals surface area contributed by atoms with Gasteiger partial charge in [-0.3, -0.25) is 4.79 Å². The summed E-state index contributed by atoms with van der Waals surface area (Å²) in [6.07, 6.45) is -4.78. The molecule has 1 heterocycles. The average molecular weight is 343 g/mol. The van der Waals surface area contributed by atoms with E-state index in [1.807, 2.05) is 13.8 Å². The first kappa shape index (κ1) is 17.3. The second-order valence-electron chi connectivity index (χ2n) is 5.23. The third-order valence-electron chi connectivity index (χ3n) is 2.89. The Balaban J connectivity index is 2.05. The Bertz CT molecular complexity index is 680. The molecule has 0 atom stereocenters. The van der Waals surface area contributed by atoms with Crippen LogP contribution in [0.2, 0.25) is 0 Å². The topological polar surface area (TPSA) is 38.3 Å². The van der Waals surface area contributed by atoms with Crippen LogP contribution in [0.15, 0.2) is 35.0 Å². The predicted molar refractivity (Wildman–Crippen MR) is 83.9 cm³/mol. The van der Waals surface area contributed by atoms with Gasteiger partial charge in [-0.15, -0.1) is 0 Å². The Morgan fingerprint density at radius 2 is 2.04 bits per heavy atom. The number of amides is 1. The minimum absolute atomic E-state index is 0.0129. The van der Waals surface area contributed by atoms with Crippen molar-refractivity contribution in [3.63, 3.8) is 0 Å². The molecule has 0 unspecified atom stereocenters. The van der Waals surface area contributed by atoms with Crippen LogP contribution in [-0.2, 0) is 17.4 Å². The highest BCUT2D eigenvalue weighted by Gasteiger charge is 2.34. The SMILES string of the molecule is CC(C)Oc1cccc(NC(=O)Cc2cscc2C(F)(F)F)c1. The molecule has 0 aliphatic carbocycles. The number of nitrogens with one attached hydrogen (secondary N) is 1. The predicted octanol–water partition coefficient (Wildman–Crippen LogP) is 4.74. The molecule has 1 amide bonds. The van der Waals surface area contributed by atoms with Gasteiger partial charge in [-0.25, -0.2) is 0 Å². The van der Waals surface area contributed by atoms with Gasteiger partial charge < -0.3 is 10.1 Å². The Kier molecular flexibility index (Phi) is 5.30. The van der Waals surface area contributed by atoms with Crippen LogP contribution in [0.5, 0.6) is 5.75 Å². The molecule has 0 bridgehead atoms. The minimum Gasteiger partial charge on any atom is -0.491 e. The van der Waals surface area contributed by atoms with E-state index < -0.39 is 17.6 Å². The van der Waals surface area contributed by atoms with Crippen molar-refractivity contribution in [2.45, 2.75) is 32.5 Å². The Hall–Kier alpha value is -2.02. The summed E-state index contributed by atoms with van der Waals surface area (Å²) < 4.78 is 43.9. The van der Waals surface area contributed by atoms with Gasteiger partial charge in [0.1, 0.15) is 5.75 Å². The maximum Gasteiger partial charge on any atom is 0.417 e. The first-order chi connectivity index (χ1) is 10.8. The number of ether oxygens (including phenoxy) is 1. The highest BCUT2D eigenvalue weighted by atomic mass is 32.1. The molecule has 124 valence electrons. The number of carbonyl (C=O) groups is 1. The molecule has 0 saturated heterocycles. The number of alkyl halides is 3. The molecule has 0 saturated carbocycles. The van der Waals surface area contributed by atoms with Crippen LogP contribution in [0, 0.1) is 0 Å². The number of anilines is 1. The van der Waals surface area contributed by atoms with Gasteiger partial charge in [0.05, 0.1) is 18.1 Å². The summed E-state index contributed by atoms with van der Waals surface area (Å²) in [7, 11) is 0. The smallest absolute Gasteiger partial charge is 0.417 e. The summed E-state index contributed by atoms with van der Waals surface area (Å²) in [5.74, 6) is 0.0833. The zero-order valence-electron chi connectivity index (χ0n) is 12.6. The van der Waals surface area contributed by atoms with Crippen LogP contribution in [-0.4, -0.2) is 12.0 Å². The third kappa shape index (κ3) is 4.99. The molecule has 1 aromatic carbocycles. The fraction of sp³-hybridized carbons (Fsp3) is 0.312. The van der Waals surface area contributed by atoms with Gasteiger partial charge in [-0.05, 0) is 36.9 Å². The van der Waals surface area contributed by atoms with Gasteiger partial charge in [-0.1, -0.05) is 6.07 Å². The van der Waals surface area contributed by atoms with E-state index in [9.17, 15) is 18.0 Å². The summed E-state index contributed by atoms with van der Waals surface area (Å²) in [4.78, 5) is 12.0. The lowest BCUT2D eigenvalue weighted by molar-refractivity contribution is -0.137. The van der Waals surface area contributed by atoms with E-state index in [0.717, 1.165) is 16.7 Å². The van der Waals surface area contributed by atoms with Crippen LogP contribution in [0.25, 0.3) is 0 Å². The van der Waals surface area contributed by atoms with Gasteiger partial charge >= 0.3 is 6.18 Å². The average Bonchev–Trinajstić information content (AvgIpc) is 2.86. The van der Waals surface area contributed by atoms with E-state index in [4.69, 9.17) is 4.74 Å². The molecule has 23 heavy (non-hydrogen) atoms. The molecule has 2 aromatic rings. The zero-order valence-corrected chi connectivity index (χ0v) is 13.4. The van der Waals surface area contributed by atoms with Gasteiger partial charge in [0.15, 0.2) is 0 Å². The summed E-state index contributed by atoms with van der Waals surface area (Å²) in [5, 5.41) is 4.95. The van der Waals surface area contributed by atoms with E-state index in [2.05, 4.69) is 5.32 Å².